The molecule has 0 atom stereocenters. The lowest BCUT2D eigenvalue weighted by Crippen LogP contribution is -2.28. The summed E-state index contributed by atoms with van der Waals surface area (Å²) in [6.45, 7) is 0.526. The summed E-state index contributed by atoms with van der Waals surface area (Å²) in [7, 11) is 3.10. The second-order valence-corrected chi connectivity index (χ2v) is 3.43. The van der Waals surface area contributed by atoms with Gasteiger partial charge in [-0.05, 0) is 12.1 Å². The lowest BCUT2D eigenvalue weighted by Gasteiger charge is -2.10. The topological polar surface area (TPSA) is 59.6 Å². The van der Waals surface area contributed by atoms with E-state index < -0.39 is 0 Å². The van der Waals surface area contributed by atoms with Crippen LogP contribution in [-0.4, -0.2) is 33.2 Å². The molecule has 0 spiro atoms. The molecule has 5 heteroatoms. The molecular weight excluding hydrogens is 232 g/mol. The molecule has 0 unspecified atom stereocenters. The van der Waals surface area contributed by atoms with Gasteiger partial charge in [-0.25, -0.2) is 0 Å². The van der Waals surface area contributed by atoms with Crippen LogP contribution in [0.25, 0.3) is 0 Å². The monoisotopic (exact) mass is 248 g/mol. The number of carbonyl (C=O) groups excluding carboxylic acids is 1. The number of benzene rings is 1. The Labute approximate surface area is 106 Å². The molecule has 0 aliphatic rings. The highest BCUT2D eigenvalue weighted by molar-refractivity contribution is 5.92. The molecule has 96 valence electrons. The van der Waals surface area contributed by atoms with Gasteiger partial charge < -0.3 is 14.8 Å². The van der Waals surface area contributed by atoms with Gasteiger partial charge in [-0.1, -0.05) is 5.92 Å². The van der Waals surface area contributed by atoms with Gasteiger partial charge in [0.15, 0.2) is 11.5 Å². The molecule has 0 heterocycles. The molecule has 0 bridgehead atoms. The first kappa shape index (κ1) is 13.9. The van der Waals surface area contributed by atoms with Crippen molar-refractivity contribution < 1.29 is 14.3 Å². The van der Waals surface area contributed by atoms with Crippen LogP contribution in [0.4, 0.5) is 5.69 Å². The first-order chi connectivity index (χ1) is 8.71. The number of anilines is 1. The summed E-state index contributed by atoms with van der Waals surface area (Å²) >= 11 is 0. The maximum Gasteiger partial charge on any atom is 0.238 e. The number of amides is 1. The number of rotatable bonds is 6. The Kier molecular flexibility index (Phi) is 5.55. The van der Waals surface area contributed by atoms with Gasteiger partial charge in [-0.15, -0.1) is 6.42 Å². The fourth-order valence-corrected chi connectivity index (χ4v) is 1.37. The van der Waals surface area contributed by atoms with Crippen molar-refractivity contribution in [2.45, 2.75) is 0 Å². The van der Waals surface area contributed by atoms with Crippen LogP contribution < -0.4 is 20.1 Å². The van der Waals surface area contributed by atoms with Crippen LogP contribution in [0.5, 0.6) is 11.5 Å². The van der Waals surface area contributed by atoms with Gasteiger partial charge in [-0.2, -0.15) is 0 Å². The number of ether oxygens (including phenoxy) is 2. The average Bonchev–Trinajstić information content (AvgIpc) is 2.39. The van der Waals surface area contributed by atoms with Crippen molar-refractivity contribution in [1.29, 1.82) is 0 Å². The van der Waals surface area contributed by atoms with Gasteiger partial charge in [0.2, 0.25) is 5.91 Å². The smallest absolute Gasteiger partial charge is 0.238 e. The van der Waals surface area contributed by atoms with Gasteiger partial charge in [0.1, 0.15) is 0 Å². The first-order valence-corrected chi connectivity index (χ1v) is 5.37. The number of hydrogen-bond acceptors (Lipinski definition) is 4. The Morgan fingerprint density at radius 3 is 2.67 bits per heavy atom. The van der Waals surface area contributed by atoms with Crippen LogP contribution in [0.1, 0.15) is 0 Å². The number of methoxy groups -OCH3 is 2. The first-order valence-electron chi connectivity index (χ1n) is 5.37. The zero-order valence-corrected chi connectivity index (χ0v) is 10.4. The molecule has 1 rings (SSSR count). The van der Waals surface area contributed by atoms with E-state index >= 15 is 0 Å². The Bertz CT molecular complexity index is 452. The van der Waals surface area contributed by atoms with E-state index in [0.29, 0.717) is 23.7 Å². The average molecular weight is 248 g/mol. The van der Waals surface area contributed by atoms with Crippen LogP contribution in [0, 0.1) is 12.3 Å². The van der Waals surface area contributed by atoms with E-state index in [1.165, 1.54) is 7.11 Å². The fraction of sp³-hybridized carbons (Fsp3) is 0.308. The lowest BCUT2D eigenvalue weighted by molar-refractivity contribution is -0.115. The molecule has 1 aromatic carbocycles. The van der Waals surface area contributed by atoms with E-state index in [2.05, 4.69) is 16.6 Å². The minimum atomic E-state index is -0.169. The van der Waals surface area contributed by atoms with Crippen LogP contribution in [-0.2, 0) is 4.79 Å². The molecule has 0 aliphatic carbocycles. The maximum absolute atomic E-state index is 11.5. The van der Waals surface area contributed by atoms with Crippen LogP contribution >= 0.6 is 0 Å². The third-order valence-electron chi connectivity index (χ3n) is 2.18. The Morgan fingerprint density at radius 1 is 1.33 bits per heavy atom. The van der Waals surface area contributed by atoms with Crippen molar-refractivity contribution >= 4 is 11.6 Å². The molecule has 5 nitrogen and oxygen atoms in total. The van der Waals surface area contributed by atoms with Crippen molar-refractivity contribution in [2.75, 3.05) is 32.6 Å². The minimum Gasteiger partial charge on any atom is -0.493 e. The van der Waals surface area contributed by atoms with E-state index in [-0.39, 0.29) is 12.5 Å². The SMILES string of the molecule is C#CCNCC(=O)Nc1ccc(OC)c(OC)c1. The van der Waals surface area contributed by atoms with E-state index in [1.807, 2.05) is 0 Å². The largest absolute Gasteiger partial charge is 0.493 e. The zero-order chi connectivity index (χ0) is 13.4. The van der Waals surface area contributed by atoms with Crippen LogP contribution in [0.2, 0.25) is 0 Å². The maximum atomic E-state index is 11.5. The number of carbonyl (C=O) groups is 1. The third-order valence-corrected chi connectivity index (χ3v) is 2.18. The Balaban J connectivity index is 2.62. The molecule has 0 saturated heterocycles. The Hall–Kier alpha value is -2.19. The predicted molar refractivity (Wildman–Crippen MR) is 69.9 cm³/mol. The molecule has 2 N–H and O–H groups in total. The zero-order valence-electron chi connectivity index (χ0n) is 10.4. The summed E-state index contributed by atoms with van der Waals surface area (Å²) < 4.78 is 10.2. The van der Waals surface area contributed by atoms with Crippen LogP contribution in [0.3, 0.4) is 0 Å². The van der Waals surface area contributed by atoms with E-state index in [9.17, 15) is 4.79 Å². The van der Waals surface area contributed by atoms with Gasteiger partial charge in [-0.3, -0.25) is 10.1 Å². The van der Waals surface area contributed by atoms with Gasteiger partial charge in [0, 0.05) is 11.8 Å². The highest BCUT2D eigenvalue weighted by Crippen LogP contribution is 2.29. The summed E-state index contributed by atoms with van der Waals surface area (Å²) in [5.74, 6) is 3.40. The molecule has 0 radical (unpaired) electrons. The molecule has 1 amide bonds. The van der Waals surface area contributed by atoms with E-state index in [1.54, 1.807) is 25.3 Å². The van der Waals surface area contributed by atoms with E-state index in [0.717, 1.165) is 0 Å². The molecule has 18 heavy (non-hydrogen) atoms. The number of terminal acetylenes is 1. The minimum absolute atomic E-state index is 0.165. The predicted octanol–water partition coefficient (Wildman–Crippen LogP) is 0.865. The summed E-state index contributed by atoms with van der Waals surface area (Å²) in [5, 5.41) is 5.52. The molecular formula is C13H16N2O3. The second kappa shape index (κ2) is 7.20. The number of hydrogen-bond donors (Lipinski definition) is 2. The molecule has 0 saturated carbocycles. The lowest BCUT2D eigenvalue weighted by atomic mass is 10.2. The molecule has 0 fully saturated rings. The summed E-state index contributed by atoms with van der Waals surface area (Å²) in [6.07, 6.45) is 5.06. The number of nitrogens with one attached hydrogen (secondary N) is 2. The van der Waals surface area contributed by atoms with Gasteiger partial charge >= 0.3 is 0 Å². The highest BCUT2D eigenvalue weighted by Gasteiger charge is 2.06. The van der Waals surface area contributed by atoms with Crippen LogP contribution in [0.15, 0.2) is 18.2 Å². The molecule has 0 aromatic heterocycles. The quantitative estimate of drug-likeness (QED) is 0.579. The summed E-state index contributed by atoms with van der Waals surface area (Å²) in [4.78, 5) is 11.5. The summed E-state index contributed by atoms with van der Waals surface area (Å²) in [6, 6.07) is 5.15. The molecule has 0 aliphatic heterocycles. The Morgan fingerprint density at radius 2 is 2.06 bits per heavy atom. The standard InChI is InChI=1S/C13H16N2O3/c1-4-7-14-9-13(16)15-10-5-6-11(17-2)12(8-10)18-3/h1,5-6,8,14H,7,9H2,2-3H3,(H,15,16). The molecule has 1 aromatic rings. The van der Waals surface area contributed by atoms with E-state index in [4.69, 9.17) is 15.9 Å². The van der Waals surface area contributed by atoms with Crippen molar-refractivity contribution in [3.63, 3.8) is 0 Å². The van der Waals surface area contributed by atoms with Crippen molar-refractivity contribution in [1.82, 2.24) is 5.32 Å². The third kappa shape index (κ3) is 4.00. The summed E-state index contributed by atoms with van der Waals surface area (Å²) in [5.41, 5.74) is 0.639. The van der Waals surface area contributed by atoms with Gasteiger partial charge in [0.25, 0.3) is 0 Å². The fourth-order valence-electron chi connectivity index (χ4n) is 1.37. The normalized spacial score (nSPS) is 9.39. The highest BCUT2D eigenvalue weighted by atomic mass is 16.5. The second-order valence-electron chi connectivity index (χ2n) is 3.43. The van der Waals surface area contributed by atoms with Crippen molar-refractivity contribution in [3.8, 4) is 23.8 Å². The van der Waals surface area contributed by atoms with Crippen molar-refractivity contribution in [2.24, 2.45) is 0 Å². The van der Waals surface area contributed by atoms with Crippen molar-refractivity contribution in [3.05, 3.63) is 18.2 Å². The van der Waals surface area contributed by atoms with Gasteiger partial charge in [0.05, 0.1) is 27.3 Å².